The molecule has 1 heterocycles. The number of imide groups is 1. The number of carbonyl (C=O) groups excluding carboxylic acids is 4. The maximum atomic E-state index is 14.0. The van der Waals surface area contributed by atoms with Crippen molar-refractivity contribution in [2.45, 2.75) is 31.8 Å². The van der Waals surface area contributed by atoms with Crippen LogP contribution in [0, 0.1) is 17.8 Å². The van der Waals surface area contributed by atoms with Crippen LogP contribution < -0.4 is 4.74 Å². The summed E-state index contributed by atoms with van der Waals surface area (Å²) in [5.41, 5.74) is 3.65. The number of phenols is 2. The standard InChI is InChI=1S/C37H30BrNO7/c38-29-18-31(42)34-28(35(29)43)17-27-24(32(34)25-11-10-23(16-30(25)41)46-19-21-4-2-1-3-5-21)12-13-26-33(27)37(45)39(36(26)44)15-14-20-6-8-22(40)9-7-20/h1-12,16,18,26-27,32-33,40-41H,13-15,17,19H2/t26-,27+,32+,33-/m0/s1. The molecule has 2 N–H and O–H groups in total. The van der Waals surface area contributed by atoms with Crippen molar-refractivity contribution in [3.63, 3.8) is 0 Å². The molecule has 3 aliphatic carbocycles. The molecule has 1 aliphatic heterocycles. The highest BCUT2D eigenvalue weighted by atomic mass is 79.9. The van der Waals surface area contributed by atoms with Gasteiger partial charge < -0.3 is 14.9 Å². The Morgan fingerprint density at radius 3 is 2.37 bits per heavy atom. The smallest absolute Gasteiger partial charge is 0.233 e. The summed E-state index contributed by atoms with van der Waals surface area (Å²) in [4.78, 5) is 55.9. The van der Waals surface area contributed by atoms with E-state index in [2.05, 4.69) is 15.9 Å². The van der Waals surface area contributed by atoms with Gasteiger partial charge in [-0.2, -0.15) is 0 Å². The lowest BCUT2D eigenvalue weighted by Crippen LogP contribution is -2.39. The Hall–Kier alpha value is -4.76. The number of hydrogen-bond donors (Lipinski definition) is 2. The Morgan fingerprint density at radius 2 is 1.63 bits per heavy atom. The third-order valence-corrected chi connectivity index (χ3v) is 10.1. The summed E-state index contributed by atoms with van der Waals surface area (Å²) in [5.74, 6) is -3.22. The fourth-order valence-corrected chi connectivity index (χ4v) is 7.80. The zero-order valence-electron chi connectivity index (χ0n) is 24.7. The first-order chi connectivity index (χ1) is 22.2. The number of phenolic OH excluding ortho intramolecular Hbond substituents is 2. The molecule has 2 amide bonds. The van der Waals surface area contributed by atoms with E-state index in [1.165, 1.54) is 17.0 Å². The van der Waals surface area contributed by atoms with Crippen LogP contribution >= 0.6 is 15.9 Å². The van der Waals surface area contributed by atoms with Gasteiger partial charge in [0.1, 0.15) is 23.9 Å². The van der Waals surface area contributed by atoms with Gasteiger partial charge in [-0.15, -0.1) is 0 Å². The minimum Gasteiger partial charge on any atom is -0.508 e. The third kappa shape index (κ3) is 5.18. The molecule has 232 valence electrons. The molecule has 0 saturated carbocycles. The van der Waals surface area contributed by atoms with E-state index in [4.69, 9.17) is 4.74 Å². The summed E-state index contributed by atoms with van der Waals surface area (Å²) < 4.78 is 6.06. The minimum atomic E-state index is -0.764. The van der Waals surface area contributed by atoms with Crippen LogP contribution in [0.1, 0.15) is 35.4 Å². The summed E-state index contributed by atoms with van der Waals surface area (Å²) in [5, 5.41) is 21.0. The maximum Gasteiger partial charge on any atom is 0.233 e. The summed E-state index contributed by atoms with van der Waals surface area (Å²) in [6.45, 7) is 0.506. The normalized spacial score (nSPS) is 23.9. The van der Waals surface area contributed by atoms with Gasteiger partial charge in [0.15, 0.2) is 11.6 Å². The number of carbonyl (C=O) groups is 4. The highest BCUT2D eigenvalue weighted by molar-refractivity contribution is 9.12. The molecule has 0 unspecified atom stereocenters. The van der Waals surface area contributed by atoms with Crippen molar-refractivity contribution in [2.75, 3.05) is 6.54 Å². The van der Waals surface area contributed by atoms with Crippen molar-refractivity contribution < 1.29 is 34.1 Å². The SMILES string of the molecule is O=C1C=C(Br)C(=O)C2=C1[C@@H](c1ccc(OCc3ccccc3)cc1O)C1=CC[C@@H]3C(=O)N(CCc4ccc(O)cc4)C(=O)[C@@H]3[C@@H]1C2. The average Bonchev–Trinajstić information content (AvgIpc) is 3.30. The van der Waals surface area contributed by atoms with Crippen LogP contribution in [0.15, 0.2) is 106 Å². The summed E-state index contributed by atoms with van der Waals surface area (Å²) in [6.07, 6.45) is 4.11. The highest BCUT2D eigenvalue weighted by Crippen LogP contribution is 2.56. The van der Waals surface area contributed by atoms with Gasteiger partial charge in [0.05, 0.1) is 16.3 Å². The van der Waals surface area contributed by atoms with Gasteiger partial charge in [0.2, 0.25) is 11.8 Å². The number of allylic oxidation sites excluding steroid dienone is 6. The lowest BCUT2D eigenvalue weighted by molar-refractivity contribution is -0.140. The largest absolute Gasteiger partial charge is 0.508 e. The predicted octanol–water partition coefficient (Wildman–Crippen LogP) is 5.68. The van der Waals surface area contributed by atoms with Crippen LogP contribution in [0.5, 0.6) is 17.2 Å². The van der Waals surface area contributed by atoms with Gasteiger partial charge in [-0.25, -0.2) is 0 Å². The van der Waals surface area contributed by atoms with E-state index in [-0.39, 0.29) is 52.3 Å². The number of nitrogens with zero attached hydrogens (tertiary/aromatic N) is 1. The quantitative estimate of drug-likeness (QED) is 0.187. The number of amides is 2. The Balaban J connectivity index is 1.22. The van der Waals surface area contributed by atoms with E-state index < -0.39 is 23.7 Å². The highest BCUT2D eigenvalue weighted by Gasteiger charge is 2.56. The molecular formula is C37H30BrNO7. The molecule has 7 rings (SSSR count). The topological polar surface area (TPSA) is 121 Å². The second kappa shape index (κ2) is 11.9. The molecule has 46 heavy (non-hydrogen) atoms. The zero-order chi connectivity index (χ0) is 32.1. The van der Waals surface area contributed by atoms with Gasteiger partial charge in [-0.05, 0) is 70.4 Å². The van der Waals surface area contributed by atoms with Crippen LogP contribution in [-0.2, 0) is 32.2 Å². The second-order valence-corrected chi connectivity index (χ2v) is 13.0. The van der Waals surface area contributed by atoms with Crippen LogP contribution in [0.2, 0.25) is 0 Å². The first-order valence-electron chi connectivity index (χ1n) is 15.2. The minimum absolute atomic E-state index is 0.0932. The first-order valence-corrected chi connectivity index (χ1v) is 16.0. The summed E-state index contributed by atoms with van der Waals surface area (Å²) in [6, 6.07) is 21.2. The second-order valence-electron chi connectivity index (χ2n) is 12.1. The number of Topliss-reactive ketones (excluding diaryl/α,β-unsaturated/α-hetero) is 1. The number of rotatable bonds is 7. The molecule has 0 radical (unpaired) electrons. The van der Waals surface area contributed by atoms with E-state index in [1.54, 1.807) is 36.4 Å². The van der Waals surface area contributed by atoms with Crippen molar-refractivity contribution in [2.24, 2.45) is 17.8 Å². The molecule has 0 spiro atoms. The lowest BCUT2D eigenvalue weighted by Gasteiger charge is -2.42. The van der Waals surface area contributed by atoms with Crippen molar-refractivity contribution in [3.8, 4) is 17.2 Å². The Bertz CT molecular complexity index is 1870. The van der Waals surface area contributed by atoms with Gasteiger partial charge in [0.25, 0.3) is 0 Å². The molecule has 0 aromatic heterocycles. The molecule has 4 aliphatic rings. The van der Waals surface area contributed by atoms with Crippen LogP contribution in [0.3, 0.4) is 0 Å². The Morgan fingerprint density at radius 1 is 0.870 bits per heavy atom. The van der Waals surface area contributed by atoms with Crippen LogP contribution in [0.25, 0.3) is 0 Å². The Labute approximate surface area is 273 Å². The van der Waals surface area contributed by atoms with Gasteiger partial charge in [-0.1, -0.05) is 60.2 Å². The third-order valence-electron chi connectivity index (χ3n) is 9.54. The molecule has 0 bridgehead atoms. The van der Waals surface area contributed by atoms with Gasteiger partial charge in [0, 0.05) is 41.3 Å². The summed E-state index contributed by atoms with van der Waals surface area (Å²) in [7, 11) is 0. The van der Waals surface area contributed by atoms with Crippen molar-refractivity contribution >= 4 is 39.3 Å². The number of halogens is 1. The number of hydrogen-bond acceptors (Lipinski definition) is 7. The predicted molar refractivity (Wildman–Crippen MR) is 172 cm³/mol. The van der Waals surface area contributed by atoms with E-state index in [0.717, 1.165) is 16.7 Å². The van der Waals surface area contributed by atoms with E-state index in [9.17, 15) is 29.4 Å². The number of ketones is 2. The van der Waals surface area contributed by atoms with Crippen molar-refractivity contribution in [1.82, 2.24) is 4.90 Å². The maximum absolute atomic E-state index is 14.0. The number of aromatic hydroxyl groups is 2. The number of likely N-dealkylation sites (tertiary alicyclic amines) is 1. The van der Waals surface area contributed by atoms with Crippen molar-refractivity contribution in [3.05, 3.63) is 123 Å². The number of ether oxygens (including phenoxy) is 1. The first kappa shape index (κ1) is 29.9. The van der Waals surface area contributed by atoms with E-state index in [1.807, 2.05) is 36.4 Å². The average molecular weight is 681 g/mol. The van der Waals surface area contributed by atoms with E-state index >= 15 is 0 Å². The molecular weight excluding hydrogens is 650 g/mol. The summed E-state index contributed by atoms with van der Waals surface area (Å²) >= 11 is 3.25. The van der Waals surface area contributed by atoms with Crippen molar-refractivity contribution in [1.29, 1.82) is 0 Å². The monoisotopic (exact) mass is 679 g/mol. The molecule has 3 aromatic rings. The lowest BCUT2D eigenvalue weighted by atomic mass is 9.59. The molecule has 1 fully saturated rings. The fourth-order valence-electron chi connectivity index (χ4n) is 7.35. The Kier molecular flexibility index (Phi) is 7.72. The van der Waals surface area contributed by atoms with Gasteiger partial charge in [-0.3, -0.25) is 24.1 Å². The molecule has 4 atom stereocenters. The zero-order valence-corrected chi connectivity index (χ0v) is 26.3. The number of benzene rings is 3. The molecule has 1 saturated heterocycles. The molecule has 8 nitrogen and oxygen atoms in total. The fraction of sp³-hybridized carbons (Fsp3) is 0.243. The van der Waals surface area contributed by atoms with E-state index in [0.29, 0.717) is 41.9 Å². The van der Waals surface area contributed by atoms with Crippen LogP contribution in [-0.4, -0.2) is 45.0 Å². The van der Waals surface area contributed by atoms with Gasteiger partial charge >= 0.3 is 0 Å². The number of fused-ring (bicyclic) bond motifs is 3. The molecule has 3 aromatic carbocycles. The van der Waals surface area contributed by atoms with Crippen LogP contribution in [0.4, 0.5) is 0 Å². The molecule has 9 heteroatoms.